The van der Waals surface area contributed by atoms with Crippen LogP contribution in [0, 0.1) is 0 Å². The van der Waals surface area contributed by atoms with Gasteiger partial charge in [-0.3, -0.25) is 0 Å². The predicted molar refractivity (Wildman–Crippen MR) is 82.4 cm³/mol. The molecule has 0 radical (unpaired) electrons. The van der Waals surface area contributed by atoms with E-state index in [9.17, 15) is 5.11 Å². The van der Waals surface area contributed by atoms with Crippen molar-refractivity contribution in [2.45, 2.75) is 58.5 Å². The Morgan fingerprint density at radius 3 is 2.35 bits per heavy atom. The van der Waals surface area contributed by atoms with Crippen molar-refractivity contribution in [1.82, 2.24) is 0 Å². The SMILES string of the molecule is CCCCCCCCCOc1c(CO)cccc1OC. The Hall–Kier alpha value is -1.22. The molecule has 0 heterocycles. The molecule has 0 aliphatic rings. The third-order valence-electron chi connectivity index (χ3n) is 3.45. The lowest BCUT2D eigenvalue weighted by Gasteiger charge is -2.13. The Balaban J connectivity index is 2.27. The van der Waals surface area contributed by atoms with Crippen LogP contribution in [0.5, 0.6) is 11.5 Å². The molecule has 1 rings (SSSR count). The van der Waals surface area contributed by atoms with Crippen LogP contribution in [-0.4, -0.2) is 18.8 Å². The minimum atomic E-state index is -0.0243. The molecule has 1 N–H and O–H groups in total. The van der Waals surface area contributed by atoms with Crippen molar-refractivity contribution in [2.75, 3.05) is 13.7 Å². The van der Waals surface area contributed by atoms with E-state index >= 15 is 0 Å². The third kappa shape index (κ3) is 5.83. The average molecular weight is 280 g/mol. The number of hydrogen-bond donors (Lipinski definition) is 1. The van der Waals surface area contributed by atoms with E-state index in [4.69, 9.17) is 9.47 Å². The number of methoxy groups -OCH3 is 1. The van der Waals surface area contributed by atoms with Gasteiger partial charge in [0.05, 0.1) is 20.3 Å². The van der Waals surface area contributed by atoms with E-state index in [1.165, 1.54) is 38.5 Å². The molecule has 0 fully saturated rings. The lowest BCUT2D eigenvalue weighted by Crippen LogP contribution is -2.02. The zero-order chi connectivity index (χ0) is 14.6. The van der Waals surface area contributed by atoms with Crippen molar-refractivity contribution in [1.29, 1.82) is 0 Å². The van der Waals surface area contributed by atoms with Crippen molar-refractivity contribution < 1.29 is 14.6 Å². The number of ether oxygens (including phenoxy) is 2. The van der Waals surface area contributed by atoms with Gasteiger partial charge in [-0.05, 0) is 12.5 Å². The Labute approximate surface area is 122 Å². The summed E-state index contributed by atoms with van der Waals surface area (Å²) in [4.78, 5) is 0. The van der Waals surface area contributed by atoms with Gasteiger partial charge in [0.25, 0.3) is 0 Å². The lowest BCUT2D eigenvalue weighted by atomic mass is 10.1. The Morgan fingerprint density at radius 1 is 1.00 bits per heavy atom. The Kier molecular flexibility index (Phi) is 8.88. The van der Waals surface area contributed by atoms with E-state index in [2.05, 4.69) is 6.92 Å². The van der Waals surface area contributed by atoms with Crippen molar-refractivity contribution >= 4 is 0 Å². The highest BCUT2D eigenvalue weighted by molar-refractivity contribution is 5.46. The van der Waals surface area contributed by atoms with Gasteiger partial charge in [-0.2, -0.15) is 0 Å². The molecular formula is C17H28O3. The second-order valence-electron chi connectivity index (χ2n) is 5.08. The van der Waals surface area contributed by atoms with E-state index < -0.39 is 0 Å². The van der Waals surface area contributed by atoms with Crippen LogP contribution in [0.4, 0.5) is 0 Å². The van der Waals surface area contributed by atoms with E-state index in [0.29, 0.717) is 18.1 Å². The van der Waals surface area contributed by atoms with Gasteiger partial charge >= 0.3 is 0 Å². The summed E-state index contributed by atoms with van der Waals surface area (Å²) in [5, 5.41) is 9.33. The first-order valence-electron chi connectivity index (χ1n) is 7.73. The second kappa shape index (κ2) is 10.6. The van der Waals surface area contributed by atoms with Crippen molar-refractivity contribution in [2.24, 2.45) is 0 Å². The maximum atomic E-state index is 9.33. The maximum Gasteiger partial charge on any atom is 0.166 e. The number of hydrogen-bond acceptors (Lipinski definition) is 3. The highest BCUT2D eigenvalue weighted by Gasteiger charge is 2.09. The average Bonchev–Trinajstić information content (AvgIpc) is 2.49. The first-order chi connectivity index (χ1) is 9.83. The number of unbranched alkanes of at least 4 members (excludes halogenated alkanes) is 6. The predicted octanol–water partition coefficient (Wildman–Crippen LogP) is 4.32. The van der Waals surface area contributed by atoms with Gasteiger partial charge in [0.1, 0.15) is 0 Å². The smallest absolute Gasteiger partial charge is 0.166 e. The normalized spacial score (nSPS) is 10.6. The summed E-state index contributed by atoms with van der Waals surface area (Å²) in [6, 6.07) is 5.59. The van der Waals surface area contributed by atoms with Crippen LogP contribution in [0.2, 0.25) is 0 Å². The quantitative estimate of drug-likeness (QED) is 0.614. The largest absolute Gasteiger partial charge is 0.493 e. The molecule has 0 aromatic heterocycles. The minimum absolute atomic E-state index is 0.0243. The van der Waals surface area contributed by atoms with Crippen LogP contribution in [0.15, 0.2) is 18.2 Å². The molecule has 0 unspecified atom stereocenters. The third-order valence-corrected chi connectivity index (χ3v) is 3.45. The zero-order valence-electron chi connectivity index (χ0n) is 12.9. The molecule has 0 aliphatic carbocycles. The molecule has 3 heteroatoms. The molecule has 0 saturated carbocycles. The first-order valence-corrected chi connectivity index (χ1v) is 7.73. The standard InChI is InChI=1S/C17H28O3/c1-3-4-5-6-7-8-9-13-20-17-15(14-18)11-10-12-16(17)19-2/h10-12,18H,3-9,13-14H2,1-2H3. The molecule has 20 heavy (non-hydrogen) atoms. The van der Waals surface area contributed by atoms with E-state index in [0.717, 1.165) is 12.0 Å². The molecule has 114 valence electrons. The molecule has 0 atom stereocenters. The number of benzene rings is 1. The molecule has 1 aromatic rings. The number of para-hydroxylation sites is 1. The molecular weight excluding hydrogens is 252 g/mol. The molecule has 0 spiro atoms. The summed E-state index contributed by atoms with van der Waals surface area (Å²) in [5.41, 5.74) is 0.785. The van der Waals surface area contributed by atoms with E-state index in [1.54, 1.807) is 7.11 Å². The Morgan fingerprint density at radius 2 is 1.70 bits per heavy atom. The fourth-order valence-corrected chi connectivity index (χ4v) is 2.24. The lowest BCUT2D eigenvalue weighted by molar-refractivity contribution is 0.251. The molecule has 0 saturated heterocycles. The fraction of sp³-hybridized carbons (Fsp3) is 0.647. The van der Waals surface area contributed by atoms with Gasteiger partial charge in [0.15, 0.2) is 11.5 Å². The number of aliphatic hydroxyl groups excluding tert-OH is 1. The summed E-state index contributed by atoms with van der Waals surface area (Å²) in [6.45, 7) is 2.89. The zero-order valence-corrected chi connectivity index (χ0v) is 12.9. The summed E-state index contributed by atoms with van der Waals surface area (Å²) in [5.74, 6) is 1.38. The van der Waals surface area contributed by atoms with Gasteiger partial charge in [-0.1, -0.05) is 57.6 Å². The summed E-state index contributed by atoms with van der Waals surface area (Å²) in [6.07, 6.45) is 8.84. The van der Waals surface area contributed by atoms with Crippen molar-refractivity contribution in [3.8, 4) is 11.5 Å². The first kappa shape index (κ1) is 16.8. The summed E-state index contributed by atoms with van der Waals surface area (Å²) in [7, 11) is 1.62. The molecule has 0 aliphatic heterocycles. The Bertz CT molecular complexity index is 341. The highest BCUT2D eigenvalue weighted by atomic mass is 16.5. The maximum absolute atomic E-state index is 9.33. The highest BCUT2D eigenvalue weighted by Crippen LogP contribution is 2.31. The summed E-state index contributed by atoms with van der Waals surface area (Å²) >= 11 is 0. The van der Waals surface area contributed by atoms with Gasteiger partial charge in [0, 0.05) is 5.56 Å². The van der Waals surface area contributed by atoms with Crippen molar-refractivity contribution in [3.63, 3.8) is 0 Å². The second-order valence-corrected chi connectivity index (χ2v) is 5.08. The molecule has 0 bridgehead atoms. The van der Waals surface area contributed by atoms with Crippen LogP contribution < -0.4 is 9.47 Å². The van der Waals surface area contributed by atoms with Gasteiger partial charge in [0.2, 0.25) is 0 Å². The topological polar surface area (TPSA) is 38.7 Å². The number of rotatable bonds is 11. The molecule has 1 aromatic carbocycles. The van der Waals surface area contributed by atoms with Crippen LogP contribution in [0.25, 0.3) is 0 Å². The van der Waals surface area contributed by atoms with Gasteiger partial charge in [-0.25, -0.2) is 0 Å². The van der Waals surface area contributed by atoms with Crippen molar-refractivity contribution in [3.05, 3.63) is 23.8 Å². The minimum Gasteiger partial charge on any atom is -0.493 e. The fourth-order valence-electron chi connectivity index (χ4n) is 2.24. The van der Waals surface area contributed by atoms with E-state index in [-0.39, 0.29) is 6.61 Å². The summed E-state index contributed by atoms with van der Waals surface area (Å²) < 4.78 is 11.1. The number of aliphatic hydroxyl groups is 1. The molecule has 0 amide bonds. The molecule has 3 nitrogen and oxygen atoms in total. The van der Waals surface area contributed by atoms with Crippen LogP contribution >= 0.6 is 0 Å². The van der Waals surface area contributed by atoms with Crippen LogP contribution in [0.1, 0.15) is 57.4 Å². The monoisotopic (exact) mass is 280 g/mol. The van der Waals surface area contributed by atoms with Crippen LogP contribution in [0.3, 0.4) is 0 Å². The van der Waals surface area contributed by atoms with Gasteiger partial charge in [-0.15, -0.1) is 0 Å². The van der Waals surface area contributed by atoms with Crippen LogP contribution in [-0.2, 0) is 6.61 Å². The van der Waals surface area contributed by atoms with Gasteiger partial charge < -0.3 is 14.6 Å². The van der Waals surface area contributed by atoms with E-state index in [1.807, 2.05) is 18.2 Å².